The molecule has 2 rings (SSSR count). The number of hydrogen-bond donors (Lipinski definition) is 1. The fourth-order valence-corrected chi connectivity index (χ4v) is 2.14. The molecule has 0 radical (unpaired) electrons. The summed E-state index contributed by atoms with van der Waals surface area (Å²) < 4.78 is 13.3. The molecule has 0 bridgehead atoms. The molecule has 76 valence electrons. The molecule has 14 heavy (non-hydrogen) atoms. The van der Waals surface area contributed by atoms with E-state index in [2.05, 4.69) is 12.2 Å². The molecule has 1 aliphatic rings. The van der Waals surface area contributed by atoms with Crippen molar-refractivity contribution in [3.05, 3.63) is 30.1 Å². The van der Waals surface area contributed by atoms with Crippen molar-refractivity contribution in [2.75, 3.05) is 5.32 Å². The Kier molecular flexibility index (Phi) is 2.71. The minimum atomic E-state index is -0.147. The number of rotatable bonds is 2. The first-order chi connectivity index (χ1) is 6.77. The van der Waals surface area contributed by atoms with Crippen LogP contribution in [0.25, 0.3) is 0 Å². The Labute approximate surface area is 84.3 Å². The second kappa shape index (κ2) is 3.99. The molecule has 1 nitrogen and oxygen atoms in total. The van der Waals surface area contributed by atoms with Gasteiger partial charge in [-0.05, 0) is 30.9 Å². The van der Waals surface area contributed by atoms with Crippen LogP contribution in [0.5, 0.6) is 0 Å². The Morgan fingerprint density at radius 1 is 1.29 bits per heavy atom. The first-order valence-corrected chi connectivity index (χ1v) is 5.28. The Bertz CT molecular complexity index is 311. The molecule has 0 spiro atoms. The number of anilines is 1. The zero-order valence-electron chi connectivity index (χ0n) is 8.46. The molecule has 2 heteroatoms. The summed E-state index contributed by atoms with van der Waals surface area (Å²) >= 11 is 0. The van der Waals surface area contributed by atoms with Crippen molar-refractivity contribution in [2.45, 2.75) is 32.2 Å². The predicted octanol–water partition coefficient (Wildman–Crippen LogP) is 3.43. The summed E-state index contributed by atoms with van der Waals surface area (Å²) in [6, 6.07) is 7.35. The van der Waals surface area contributed by atoms with Gasteiger partial charge in [0.2, 0.25) is 0 Å². The summed E-state index contributed by atoms with van der Waals surface area (Å²) in [5.74, 6) is 0.515. The Hall–Kier alpha value is -1.05. The lowest BCUT2D eigenvalue weighted by molar-refractivity contribution is 0.549. The minimum absolute atomic E-state index is 0.147. The molecule has 1 aliphatic carbocycles. The second-order valence-electron chi connectivity index (χ2n) is 4.14. The van der Waals surface area contributed by atoms with Crippen molar-refractivity contribution >= 4 is 5.69 Å². The van der Waals surface area contributed by atoms with Crippen LogP contribution in [-0.4, -0.2) is 6.04 Å². The van der Waals surface area contributed by atoms with E-state index in [-0.39, 0.29) is 5.82 Å². The third-order valence-corrected chi connectivity index (χ3v) is 3.08. The molecule has 1 aromatic rings. The van der Waals surface area contributed by atoms with Gasteiger partial charge in [-0.2, -0.15) is 0 Å². The number of halogens is 1. The second-order valence-corrected chi connectivity index (χ2v) is 4.14. The van der Waals surface area contributed by atoms with Crippen LogP contribution in [0.2, 0.25) is 0 Å². The van der Waals surface area contributed by atoms with Gasteiger partial charge in [0, 0.05) is 6.04 Å². The first-order valence-electron chi connectivity index (χ1n) is 5.28. The van der Waals surface area contributed by atoms with E-state index in [9.17, 15) is 4.39 Å². The van der Waals surface area contributed by atoms with Crippen LogP contribution in [0.3, 0.4) is 0 Å². The van der Waals surface area contributed by atoms with Gasteiger partial charge in [0.05, 0.1) is 5.69 Å². The van der Waals surface area contributed by atoms with Crippen molar-refractivity contribution in [1.82, 2.24) is 0 Å². The fourth-order valence-electron chi connectivity index (χ4n) is 2.14. The van der Waals surface area contributed by atoms with E-state index >= 15 is 0 Å². The van der Waals surface area contributed by atoms with E-state index in [1.807, 2.05) is 6.07 Å². The van der Waals surface area contributed by atoms with Crippen LogP contribution in [0.1, 0.15) is 26.2 Å². The zero-order valence-corrected chi connectivity index (χ0v) is 8.46. The largest absolute Gasteiger partial charge is 0.380 e. The Morgan fingerprint density at radius 3 is 2.71 bits per heavy atom. The summed E-state index contributed by atoms with van der Waals surface area (Å²) in [5.41, 5.74) is 0.645. The van der Waals surface area contributed by atoms with Gasteiger partial charge in [-0.15, -0.1) is 0 Å². The van der Waals surface area contributed by atoms with Gasteiger partial charge in [-0.3, -0.25) is 0 Å². The van der Waals surface area contributed by atoms with Gasteiger partial charge in [0.15, 0.2) is 0 Å². The molecule has 0 saturated heterocycles. The number of para-hydroxylation sites is 1. The molecule has 1 saturated carbocycles. The van der Waals surface area contributed by atoms with Crippen LogP contribution in [-0.2, 0) is 0 Å². The predicted molar refractivity (Wildman–Crippen MR) is 56.8 cm³/mol. The maximum absolute atomic E-state index is 13.3. The minimum Gasteiger partial charge on any atom is -0.380 e. The Morgan fingerprint density at radius 2 is 2.07 bits per heavy atom. The summed E-state index contributed by atoms with van der Waals surface area (Å²) in [7, 11) is 0. The average molecular weight is 193 g/mol. The SMILES string of the molecule is CC1CCCC1Nc1ccccc1F. The lowest BCUT2D eigenvalue weighted by Crippen LogP contribution is -2.22. The monoisotopic (exact) mass is 193 g/mol. The third kappa shape index (κ3) is 1.89. The van der Waals surface area contributed by atoms with E-state index < -0.39 is 0 Å². The first kappa shape index (κ1) is 9.50. The maximum Gasteiger partial charge on any atom is 0.146 e. The maximum atomic E-state index is 13.3. The highest BCUT2D eigenvalue weighted by Gasteiger charge is 2.23. The lowest BCUT2D eigenvalue weighted by Gasteiger charge is -2.18. The highest BCUT2D eigenvalue weighted by atomic mass is 19.1. The standard InChI is InChI=1S/C12H16FN/c1-9-5-4-8-11(9)14-12-7-3-2-6-10(12)13/h2-3,6-7,9,11,14H,4-5,8H2,1H3. The zero-order chi connectivity index (χ0) is 9.97. The van der Waals surface area contributed by atoms with Gasteiger partial charge in [0.1, 0.15) is 5.82 Å². The van der Waals surface area contributed by atoms with E-state index in [1.165, 1.54) is 18.9 Å². The molecule has 1 aromatic carbocycles. The molecule has 1 fully saturated rings. The van der Waals surface area contributed by atoms with Gasteiger partial charge in [-0.1, -0.05) is 25.5 Å². The van der Waals surface area contributed by atoms with Crippen molar-refractivity contribution in [3.63, 3.8) is 0 Å². The molecule has 2 atom stereocenters. The van der Waals surface area contributed by atoms with Gasteiger partial charge >= 0.3 is 0 Å². The summed E-state index contributed by atoms with van der Waals surface area (Å²) in [6.07, 6.45) is 3.68. The van der Waals surface area contributed by atoms with Gasteiger partial charge in [0.25, 0.3) is 0 Å². The molecule has 0 heterocycles. The van der Waals surface area contributed by atoms with Crippen molar-refractivity contribution in [3.8, 4) is 0 Å². The van der Waals surface area contributed by atoms with E-state index in [1.54, 1.807) is 12.1 Å². The van der Waals surface area contributed by atoms with E-state index in [0.29, 0.717) is 17.6 Å². The quantitative estimate of drug-likeness (QED) is 0.758. The number of hydrogen-bond acceptors (Lipinski definition) is 1. The highest BCUT2D eigenvalue weighted by molar-refractivity contribution is 5.45. The summed E-state index contributed by atoms with van der Waals surface area (Å²) in [6.45, 7) is 2.23. The molecule has 1 N–H and O–H groups in total. The molecule has 0 amide bonds. The van der Waals surface area contributed by atoms with Crippen LogP contribution in [0.4, 0.5) is 10.1 Å². The van der Waals surface area contributed by atoms with E-state index in [0.717, 1.165) is 6.42 Å². The van der Waals surface area contributed by atoms with E-state index in [4.69, 9.17) is 0 Å². The van der Waals surface area contributed by atoms with Crippen LogP contribution < -0.4 is 5.32 Å². The lowest BCUT2D eigenvalue weighted by atomic mass is 10.1. The summed E-state index contributed by atoms with van der Waals surface area (Å²) in [5, 5.41) is 3.28. The third-order valence-electron chi connectivity index (χ3n) is 3.08. The van der Waals surface area contributed by atoms with Gasteiger partial charge < -0.3 is 5.32 Å². The fraction of sp³-hybridized carbons (Fsp3) is 0.500. The average Bonchev–Trinajstić information content (AvgIpc) is 2.56. The van der Waals surface area contributed by atoms with Crippen molar-refractivity contribution in [2.24, 2.45) is 5.92 Å². The molecular formula is C12H16FN. The van der Waals surface area contributed by atoms with Crippen molar-refractivity contribution in [1.29, 1.82) is 0 Å². The molecule has 0 aromatic heterocycles. The smallest absolute Gasteiger partial charge is 0.146 e. The molecule has 2 unspecified atom stereocenters. The topological polar surface area (TPSA) is 12.0 Å². The summed E-state index contributed by atoms with van der Waals surface area (Å²) in [4.78, 5) is 0. The number of nitrogens with one attached hydrogen (secondary N) is 1. The highest BCUT2D eigenvalue weighted by Crippen LogP contribution is 2.28. The van der Waals surface area contributed by atoms with Gasteiger partial charge in [-0.25, -0.2) is 4.39 Å². The molecule has 0 aliphatic heterocycles. The van der Waals surface area contributed by atoms with Crippen LogP contribution >= 0.6 is 0 Å². The van der Waals surface area contributed by atoms with Crippen LogP contribution in [0, 0.1) is 11.7 Å². The van der Waals surface area contributed by atoms with Crippen molar-refractivity contribution < 1.29 is 4.39 Å². The van der Waals surface area contributed by atoms with Crippen LogP contribution in [0.15, 0.2) is 24.3 Å². The normalized spacial score (nSPS) is 26.4. The Balaban J connectivity index is 2.07. The molecular weight excluding hydrogens is 177 g/mol. The number of benzene rings is 1.